The first-order valence-corrected chi connectivity index (χ1v) is 8.36. The highest BCUT2D eigenvalue weighted by atomic mass is 32.2. The van der Waals surface area contributed by atoms with Crippen LogP contribution in [0.2, 0.25) is 0 Å². The number of nitrogens with one attached hydrogen (secondary N) is 1. The molecule has 1 aliphatic carbocycles. The van der Waals surface area contributed by atoms with Gasteiger partial charge in [-0.25, -0.2) is 13.1 Å². The van der Waals surface area contributed by atoms with E-state index in [-0.39, 0.29) is 19.3 Å². The molecule has 0 aromatic rings. The maximum absolute atomic E-state index is 11.1. The summed E-state index contributed by atoms with van der Waals surface area (Å²) in [6.45, 7) is 0. The van der Waals surface area contributed by atoms with Gasteiger partial charge < -0.3 is 0 Å². The molecule has 1 saturated carbocycles. The maximum Gasteiger partial charge on any atom is 0.267 e. The summed E-state index contributed by atoms with van der Waals surface area (Å²) in [7, 11) is -7.60. The van der Waals surface area contributed by atoms with E-state index >= 15 is 0 Å². The van der Waals surface area contributed by atoms with Crippen molar-refractivity contribution in [1.82, 2.24) is 4.72 Å². The van der Waals surface area contributed by atoms with Crippen LogP contribution in [-0.4, -0.2) is 38.9 Å². The van der Waals surface area contributed by atoms with Crippen LogP contribution in [0.5, 0.6) is 0 Å². The minimum Gasteiger partial charge on any atom is -0.285 e. The van der Waals surface area contributed by atoms with Gasteiger partial charge in [0, 0.05) is 6.04 Å². The van der Waals surface area contributed by atoms with Crippen molar-refractivity contribution in [3.63, 3.8) is 0 Å². The molecule has 1 aliphatic rings. The van der Waals surface area contributed by atoms with Crippen molar-refractivity contribution >= 4 is 20.1 Å². The average molecular weight is 282 g/mol. The molecule has 98 valence electrons. The Bertz CT molecular complexity index is 519. The summed E-state index contributed by atoms with van der Waals surface area (Å²) in [6.07, 6.45) is 1.29. The summed E-state index contributed by atoms with van der Waals surface area (Å²) in [5.74, 6) is -0.745. The van der Waals surface area contributed by atoms with Crippen molar-refractivity contribution in [3.8, 4) is 6.07 Å². The Morgan fingerprint density at radius 1 is 1.29 bits per heavy atom. The van der Waals surface area contributed by atoms with Crippen LogP contribution in [0.4, 0.5) is 0 Å². The molecule has 0 saturated heterocycles. The van der Waals surface area contributed by atoms with E-state index in [2.05, 4.69) is 4.72 Å². The Morgan fingerprint density at radius 3 is 2.29 bits per heavy atom. The molecule has 0 radical (unpaired) electrons. The molecule has 0 bridgehead atoms. The molecule has 1 fully saturated rings. The van der Waals surface area contributed by atoms with E-state index in [0.717, 1.165) is 6.26 Å². The van der Waals surface area contributed by atoms with Gasteiger partial charge in [0.25, 0.3) is 10.1 Å². The number of sulfonamides is 1. The SMILES string of the molecule is CS(=O)(=O)NC1CCC(S(=O)(=O)O)CC1C#N. The van der Waals surface area contributed by atoms with Gasteiger partial charge in [-0.1, -0.05) is 0 Å². The Kier molecular flexibility index (Phi) is 4.14. The predicted octanol–water partition coefficient (Wildman–Crippen LogP) is -0.516. The van der Waals surface area contributed by atoms with Gasteiger partial charge in [-0.15, -0.1) is 0 Å². The van der Waals surface area contributed by atoms with E-state index in [1.165, 1.54) is 0 Å². The summed E-state index contributed by atoms with van der Waals surface area (Å²) in [5.41, 5.74) is 0. The zero-order chi connectivity index (χ0) is 13.3. The third kappa shape index (κ3) is 4.23. The van der Waals surface area contributed by atoms with Crippen LogP contribution in [0.1, 0.15) is 19.3 Å². The van der Waals surface area contributed by atoms with Crippen LogP contribution in [0.25, 0.3) is 0 Å². The molecular weight excluding hydrogens is 268 g/mol. The van der Waals surface area contributed by atoms with Gasteiger partial charge >= 0.3 is 0 Å². The van der Waals surface area contributed by atoms with Crippen LogP contribution in [0, 0.1) is 17.2 Å². The molecule has 7 nitrogen and oxygen atoms in total. The van der Waals surface area contributed by atoms with E-state index in [1.807, 2.05) is 6.07 Å². The van der Waals surface area contributed by atoms with Crippen LogP contribution < -0.4 is 4.72 Å². The van der Waals surface area contributed by atoms with Gasteiger partial charge in [0.1, 0.15) is 0 Å². The van der Waals surface area contributed by atoms with Gasteiger partial charge in [0.15, 0.2) is 0 Å². The number of nitriles is 1. The summed E-state index contributed by atoms with van der Waals surface area (Å²) in [6, 6.07) is 1.29. The monoisotopic (exact) mass is 282 g/mol. The fraction of sp³-hybridized carbons (Fsp3) is 0.875. The highest BCUT2D eigenvalue weighted by Gasteiger charge is 2.37. The smallest absolute Gasteiger partial charge is 0.267 e. The van der Waals surface area contributed by atoms with Gasteiger partial charge in [0.2, 0.25) is 10.0 Å². The molecular formula is C8H14N2O5S2. The first kappa shape index (κ1) is 14.4. The maximum atomic E-state index is 11.1. The molecule has 2 N–H and O–H groups in total. The second-order valence-electron chi connectivity index (χ2n) is 4.18. The van der Waals surface area contributed by atoms with E-state index < -0.39 is 37.4 Å². The first-order valence-electron chi connectivity index (χ1n) is 4.96. The van der Waals surface area contributed by atoms with Gasteiger partial charge in [-0.2, -0.15) is 13.7 Å². The molecule has 17 heavy (non-hydrogen) atoms. The van der Waals surface area contributed by atoms with Crippen molar-refractivity contribution < 1.29 is 21.4 Å². The molecule has 0 aromatic carbocycles. The number of nitrogens with zero attached hydrogens (tertiary/aromatic N) is 1. The Hall–Kier alpha value is -0.690. The molecule has 0 amide bonds. The Balaban J connectivity index is 2.80. The van der Waals surface area contributed by atoms with Crippen LogP contribution in [0.3, 0.4) is 0 Å². The third-order valence-corrected chi connectivity index (χ3v) is 4.76. The minimum absolute atomic E-state index is 0.0531. The Labute approximate surface area is 101 Å². The van der Waals surface area contributed by atoms with Crippen molar-refractivity contribution in [3.05, 3.63) is 0 Å². The van der Waals surface area contributed by atoms with Gasteiger partial charge in [-0.05, 0) is 19.3 Å². The van der Waals surface area contributed by atoms with Gasteiger partial charge in [0.05, 0.1) is 23.5 Å². The number of hydrogen-bond acceptors (Lipinski definition) is 5. The average Bonchev–Trinajstić information content (AvgIpc) is 2.14. The Morgan fingerprint density at radius 2 is 1.88 bits per heavy atom. The summed E-state index contributed by atoms with van der Waals surface area (Å²) < 4.78 is 55.2. The van der Waals surface area contributed by atoms with E-state index in [9.17, 15) is 16.8 Å². The number of hydrogen-bond donors (Lipinski definition) is 2. The second-order valence-corrected chi connectivity index (χ2v) is 7.66. The summed E-state index contributed by atoms with van der Waals surface area (Å²) in [4.78, 5) is 0. The summed E-state index contributed by atoms with van der Waals surface area (Å²) in [5, 5.41) is 7.90. The lowest BCUT2D eigenvalue weighted by atomic mass is 9.86. The molecule has 0 spiro atoms. The first-order chi connectivity index (χ1) is 7.63. The van der Waals surface area contributed by atoms with E-state index in [0.29, 0.717) is 0 Å². The van der Waals surface area contributed by atoms with Crippen molar-refractivity contribution in [2.45, 2.75) is 30.6 Å². The van der Waals surface area contributed by atoms with Crippen molar-refractivity contribution in [2.24, 2.45) is 5.92 Å². The highest BCUT2D eigenvalue weighted by molar-refractivity contribution is 7.88. The summed E-state index contributed by atoms with van der Waals surface area (Å²) >= 11 is 0. The van der Waals surface area contributed by atoms with Crippen molar-refractivity contribution in [1.29, 1.82) is 5.26 Å². The topological polar surface area (TPSA) is 124 Å². The molecule has 9 heteroatoms. The van der Waals surface area contributed by atoms with Crippen LogP contribution in [0.15, 0.2) is 0 Å². The zero-order valence-electron chi connectivity index (χ0n) is 9.20. The normalized spacial score (nSPS) is 30.8. The standard InChI is InChI=1S/C8H14N2O5S2/c1-16(11,12)10-8-3-2-7(17(13,14)15)4-6(8)5-9/h6-8,10H,2-4H2,1H3,(H,13,14,15). The molecule has 0 heterocycles. The van der Waals surface area contributed by atoms with Crippen LogP contribution in [-0.2, 0) is 20.1 Å². The fourth-order valence-corrected chi connectivity index (χ4v) is 3.68. The van der Waals surface area contributed by atoms with E-state index in [1.54, 1.807) is 0 Å². The fourth-order valence-electron chi connectivity index (χ4n) is 1.96. The zero-order valence-corrected chi connectivity index (χ0v) is 10.8. The van der Waals surface area contributed by atoms with Crippen molar-refractivity contribution in [2.75, 3.05) is 6.26 Å². The lowest BCUT2D eigenvalue weighted by Gasteiger charge is -2.30. The quantitative estimate of drug-likeness (QED) is 0.671. The van der Waals surface area contributed by atoms with Gasteiger partial charge in [-0.3, -0.25) is 4.55 Å². The lowest BCUT2D eigenvalue weighted by molar-refractivity contribution is 0.333. The van der Waals surface area contributed by atoms with E-state index in [4.69, 9.17) is 9.81 Å². The molecule has 0 aliphatic heterocycles. The van der Waals surface area contributed by atoms with Crippen LogP contribution >= 0.6 is 0 Å². The molecule has 0 aromatic heterocycles. The predicted molar refractivity (Wildman–Crippen MR) is 60.1 cm³/mol. The largest absolute Gasteiger partial charge is 0.285 e. The lowest BCUT2D eigenvalue weighted by Crippen LogP contribution is -2.45. The highest BCUT2D eigenvalue weighted by Crippen LogP contribution is 2.28. The molecule has 3 atom stereocenters. The molecule has 3 unspecified atom stereocenters. The second kappa shape index (κ2) is 4.89. The number of rotatable bonds is 3. The third-order valence-electron chi connectivity index (χ3n) is 2.75. The molecule has 1 rings (SSSR count). The minimum atomic E-state index is -4.16.